The molecule has 20 heavy (non-hydrogen) atoms. The number of aliphatic hydroxyl groups is 1. The third-order valence-electron chi connectivity index (χ3n) is 3.63. The van der Waals surface area contributed by atoms with Crippen molar-refractivity contribution in [2.75, 3.05) is 19.7 Å². The first kappa shape index (κ1) is 15.4. The van der Waals surface area contributed by atoms with Crippen LogP contribution in [0.25, 0.3) is 0 Å². The maximum Gasteiger partial charge on any atom is 0.317 e. The number of aliphatic hydroxyl groups excluding tert-OH is 1. The minimum Gasteiger partial charge on any atom is -0.396 e. The summed E-state index contributed by atoms with van der Waals surface area (Å²) in [6, 6.07) is 3.38. The number of nitrogens with zero attached hydrogens (tertiary/aromatic N) is 1. The molecule has 6 heteroatoms. The number of hydrogen-bond acceptors (Lipinski definition) is 2. The zero-order chi connectivity index (χ0) is 14.7. The second-order valence-corrected chi connectivity index (χ2v) is 5.97. The lowest BCUT2D eigenvalue weighted by Gasteiger charge is -2.18. The molecular formula is C14H18Cl2N2O2. The van der Waals surface area contributed by atoms with Gasteiger partial charge in [0, 0.05) is 42.2 Å². The lowest BCUT2D eigenvalue weighted by atomic mass is 10.1. The molecule has 4 nitrogen and oxygen atoms in total. The lowest BCUT2D eigenvalue weighted by Crippen LogP contribution is -2.38. The molecule has 2 N–H and O–H groups in total. The van der Waals surface area contributed by atoms with Gasteiger partial charge in [0.2, 0.25) is 0 Å². The van der Waals surface area contributed by atoms with Crippen molar-refractivity contribution >= 4 is 29.2 Å². The van der Waals surface area contributed by atoms with Crippen LogP contribution in [-0.4, -0.2) is 35.7 Å². The van der Waals surface area contributed by atoms with Crippen LogP contribution < -0.4 is 5.32 Å². The first-order chi connectivity index (χ1) is 9.51. The van der Waals surface area contributed by atoms with E-state index in [1.165, 1.54) is 0 Å². The Bertz CT molecular complexity index is 485. The van der Waals surface area contributed by atoms with E-state index in [4.69, 9.17) is 28.3 Å². The van der Waals surface area contributed by atoms with E-state index in [0.717, 1.165) is 17.5 Å². The molecule has 110 valence electrons. The molecule has 1 saturated heterocycles. The quantitative estimate of drug-likeness (QED) is 0.901. The van der Waals surface area contributed by atoms with Crippen LogP contribution in [0.15, 0.2) is 12.1 Å². The van der Waals surface area contributed by atoms with Gasteiger partial charge in [-0.1, -0.05) is 23.2 Å². The number of likely N-dealkylation sites (tertiary alicyclic amines) is 1. The average molecular weight is 317 g/mol. The fourth-order valence-corrected chi connectivity index (χ4v) is 3.06. The highest BCUT2D eigenvalue weighted by Gasteiger charge is 2.25. The number of amides is 2. The number of urea groups is 1. The number of rotatable bonds is 3. The van der Waals surface area contributed by atoms with Crippen molar-refractivity contribution in [3.8, 4) is 0 Å². The van der Waals surface area contributed by atoms with Crippen molar-refractivity contribution in [2.45, 2.75) is 19.9 Å². The Hall–Kier alpha value is -0.970. The summed E-state index contributed by atoms with van der Waals surface area (Å²) in [5, 5.41) is 13.1. The Morgan fingerprint density at radius 3 is 2.85 bits per heavy atom. The van der Waals surface area contributed by atoms with Gasteiger partial charge in [0.1, 0.15) is 0 Å². The smallest absolute Gasteiger partial charge is 0.317 e. The molecule has 0 spiro atoms. The minimum atomic E-state index is -0.119. The third-order valence-corrected chi connectivity index (χ3v) is 4.19. The van der Waals surface area contributed by atoms with E-state index in [-0.39, 0.29) is 18.6 Å². The monoisotopic (exact) mass is 316 g/mol. The van der Waals surface area contributed by atoms with Crippen molar-refractivity contribution in [3.63, 3.8) is 0 Å². The number of aryl methyl sites for hydroxylation is 1. The van der Waals surface area contributed by atoms with E-state index in [2.05, 4.69) is 5.32 Å². The van der Waals surface area contributed by atoms with Gasteiger partial charge in [0.15, 0.2) is 0 Å². The summed E-state index contributed by atoms with van der Waals surface area (Å²) in [4.78, 5) is 13.8. The zero-order valence-electron chi connectivity index (χ0n) is 11.3. The molecular weight excluding hydrogens is 299 g/mol. The summed E-state index contributed by atoms with van der Waals surface area (Å²) in [5.74, 6) is 0.196. The van der Waals surface area contributed by atoms with Gasteiger partial charge in [-0.05, 0) is 36.6 Å². The normalized spacial score (nSPS) is 18.4. The highest BCUT2D eigenvalue weighted by Crippen LogP contribution is 2.25. The predicted octanol–water partition coefficient (Wildman–Crippen LogP) is 2.83. The van der Waals surface area contributed by atoms with Crippen LogP contribution in [-0.2, 0) is 6.54 Å². The molecule has 1 unspecified atom stereocenters. The van der Waals surface area contributed by atoms with E-state index in [1.54, 1.807) is 11.0 Å². The summed E-state index contributed by atoms with van der Waals surface area (Å²) < 4.78 is 0. The summed E-state index contributed by atoms with van der Waals surface area (Å²) in [6.45, 7) is 3.71. The van der Waals surface area contributed by atoms with Crippen LogP contribution >= 0.6 is 23.2 Å². The molecule has 1 aliphatic rings. The molecule has 1 atom stereocenters. The highest BCUT2D eigenvalue weighted by molar-refractivity contribution is 6.35. The van der Waals surface area contributed by atoms with Gasteiger partial charge >= 0.3 is 6.03 Å². The number of benzene rings is 1. The van der Waals surface area contributed by atoms with Crippen molar-refractivity contribution in [1.29, 1.82) is 0 Å². The van der Waals surface area contributed by atoms with Gasteiger partial charge in [-0.3, -0.25) is 0 Å². The topological polar surface area (TPSA) is 52.6 Å². The molecule has 2 rings (SSSR count). The highest BCUT2D eigenvalue weighted by atomic mass is 35.5. The Morgan fingerprint density at radius 1 is 1.50 bits per heavy atom. The SMILES string of the molecule is Cc1cc(Cl)cc(Cl)c1CNC(=O)N1CCC(CO)C1. The van der Waals surface area contributed by atoms with Crippen LogP contribution in [0.4, 0.5) is 4.79 Å². The lowest BCUT2D eigenvalue weighted by molar-refractivity contribution is 0.198. The number of nitrogens with one attached hydrogen (secondary N) is 1. The van der Waals surface area contributed by atoms with Crippen molar-refractivity contribution in [2.24, 2.45) is 5.92 Å². The molecule has 1 fully saturated rings. The number of carbonyl (C=O) groups excluding carboxylic acids is 1. The van der Waals surface area contributed by atoms with Gasteiger partial charge < -0.3 is 15.3 Å². The molecule has 1 aromatic carbocycles. The fraction of sp³-hybridized carbons (Fsp3) is 0.500. The van der Waals surface area contributed by atoms with Gasteiger partial charge in [-0.2, -0.15) is 0 Å². The van der Waals surface area contributed by atoms with Crippen LogP contribution in [0.1, 0.15) is 17.5 Å². The van der Waals surface area contributed by atoms with E-state index in [9.17, 15) is 4.79 Å². The van der Waals surface area contributed by atoms with E-state index in [0.29, 0.717) is 29.7 Å². The van der Waals surface area contributed by atoms with E-state index in [1.807, 2.05) is 13.0 Å². The average Bonchev–Trinajstić information content (AvgIpc) is 2.86. The maximum absolute atomic E-state index is 12.0. The molecule has 0 bridgehead atoms. The van der Waals surface area contributed by atoms with Crippen LogP contribution in [0, 0.1) is 12.8 Å². The Kier molecular flexibility index (Phi) is 5.13. The van der Waals surface area contributed by atoms with Crippen LogP contribution in [0.3, 0.4) is 0 Å². The van der Waals surface area contributed by atoms with Gasteiger partial charge in [0.25, 0.3) is 0 Å². The summed E-state index contributed by atoms with van der Waals surface area (Å²) in [5.41, 5.74) is 1.83. The van der Waals surface area contributed by atoms with Crippen molar-refractivity contribution in [1.82, 2.24) is 10.2 Å². The van der Waals surface area contributed by atoms with Crippen molar-refractivity contribution in [3.05, 3.63) is 33.3 Å². The molecule has 0 radical (unpaired) electrons. The molecule has 0 saturated carbocycles. The molecule has 0 aromatic heterocycles. The molecule has 1 aromatic rings. The summed E-state index contributed by atoms with van der Waals surface area (Å²) in [6.07, 6.45) is 0.852. The third kappa shape index (κ3) is 3.57. The number of halogens is 2. The standard InChI is InChI=1S/C14H18Cl2N2O2/c1-9-4-11(15)5-13(16)12(9)6-17-14(20)18-3-2-10(7-18)8-19/h4-5,10,19H,2-3,6-8H2,1H3,(H,17,20). The number of carbonyl (C=O) groups is 1. The van der Waals surface area contributed by atoms with Gasteiger partial charge in [0.05, 0.1) is 0 Å². The fourth-order valence-electron chi connectivity index (χ4n) is 2.40. The van der Waals surface area contributed by atoms with E-state index >= 15 is 0 Å². The molecule has 1 aliphatic heterocycles. The Morgan fingerprint density at radius 2 is 2.25 bits per heavy atom. The summed E-state index contributed by atoms with van der Waals surface area (Å²) >= 11 is 12.1. The first-order valence-electron chi connectivity index (χ1n) is 6.59. The zero-order valence-corrected chi connectivity index (χ0v) is 12.8. The maximum atomic E-state index is 12.0. The largest absolute Gasteiger partial charge is 0.396 e. The minimum absolute atomic E-state index is 0.119. The molecule has 2 amide bonds. The Labute approximate surface area is 128 Å². The number of hydrogen-bond donors (Lipinski definition) is 2. The predicted molar refractivity (Wildman–Crippen MR) is 80.2 cm³/mol. The second-order valence-electron chi connectivity index (χ2n) is 5.13. The Balaban J connectivity index is 1.94. The van der Waals surface area contributed by atoms with Crippen molar-refractivity contribution < 1.29 is 9.90 Å². The molecule has 1 heterocycles. The molecule has 0 aliphatic carbocycles. The van der Waals surface area contributed by atoms with E-state index < -0.39 is 0 Å². The second kappa shape index (κ2) is 6.66. The van der Waals surface area contributed by atoms with Crippen LogP contribution in [0.2, 0.25) is 10.0 Å². The van der Waals surface area contributed by atoms with Gasteiger partial charge in [-0.15, -0.1) is 0 Å². The van der Waals surface area contributed by atoms with Crippen LogP contribution in [0.5, 0.6) is 0 Å². The van der Waals surface area contributed by atoms with Gasteiger partial charge in [-0.25, -0.2) is 4.79 Å². The summed E-state index contributed by atoms with van der Waals surface area (Å²) in [7, 11) is 0. The first-order valence-corrected chi connectivity index (χ1v) is 7.35.